The van der Waals surface area contributed by atoms with Gasteiger partial charge in [-0.1, -0.05) is 0 Å². The molecule has 1 N–H and O–H groups in total. The van der Waals surface area contributed by atoms with Gasteiger partial charge in [-0.25, -0.2) is 0 Å². The lowest BCUT2D eigenvalue weighted by Crippen LogP contribution is -2.31. The number of halogens is 3. The van der Waals surface area contributed by atoms with Gasteiger partial charge in [0.1, 0.15) is 0 Å². The molecule has 0 aliphatic heterocycles. The summed E-state index contributed by atoms with van der Waals surface area (Å²) in [7, 11) is 0. The van der Waals surface area contributed by atoms with Gasteiger partial charge < -0.3 is 5.32 Å². The van der Waals surface area contributed by atoms with E-state index in [-0.39, 0.29) is 12.5 Å². The summed E-state index contributed by atoms with van der Waals surface area (Å²) in [5.41, 5.74) is 0. The molecule has 0 spiro atoms. The van der Waals surface area contributed by atoms with Crippen molar-refractivity contribution >= 4 is 0 Å². The first-order valence-corrected chi connectivity index (χ1v) is 3.13. The molecule has 0 rings (SSSR count). The van der Waals surface area contributed by atoms with Gasteiger partial charge in [-0.15, -0.1) is 0 Å². The predicted octanol–water partition coefficient (Wildman–Crippen LogP) is 1.30. The zero-order chi connectivity index (χ0) is 8.91. The first-order valence-electron chi connectivity index (χ1n) is 3.13. The minimum atomic E-state index is -4.19. The van der Waals surface area contributed by atoms with Crippen LogP contribution in [-0.2, 0) is 0 Å². The number of nitrogens with zero attached hydrogens (tertiary/aromatic N) is 1. The van der Waals surface area contributed by atoms with E-state index in [9.17, 15) is 13.2 Å². The molecule has 1 atom stereocenters. The van der Waals surface area contributed by atoms with E-state index in [0.717, 1.165) is 0 Å². The summed E-state index contributed by atoms with van der Waals surface area (Å²) in [6, 6.07) is 1.82. The van der Waals surface area contributed by atoms with Crippen LogP contribution in [0.3, 0.4) is 0 Å². The van der Waals surface area contributed by atoms with Crippen LogP contribution in [-0.4, -0.2) is 19.3 Å². The molecule has 5 heteroatoms. The van der Waals surface area contributed by atoms with Gasteiger partial charge in [0.05, 0.1) is 18.5 Å². The Labute approximate surface area is 63.0 Å². The third-order valence-corrected chi connectivity index (χ3v) is 0.996. The summed E-state index contributed by atoms with van der Waals surface area (Å²) in [6.07, 6.45) is -4.19. The Morgan fingerprint density at radius 1 is 1.55 bits per heavy atom. The molecular formula is C6H9F3N2. The van der Waals surface area contributed by atoms with Crippen LogP contribution in [0.1, 0.15) is 6.92 Å². The zero-order valence-electron chi connectivity index (χ0n) is 6.07. The lowest BCUT2D eigenvalue weighted by atomic mass is 10.2. The van der Waals surface area contributed by atoms with Crippen molar-refractivity contribution in [3.8, 4) is 6.07 Å². The van der Waals surface area contributed by atoms with Gasteiger partial charge in [0.25, 0.3) is 0 Å². The van der Waals surface area contributed by atoms with Crippen LogP contribution in [0.5, 0.6) is 0 Å². The first kappa shape index (κ1) is 10.2. The Hall–Kier alpha value is -0.760. The molecular weight excluding hydrogens is 157 g/mol. The number of alkyl halides is 3. The van der Waals surface area contributed by atoms with Crippen molar-refractivity contribution in [3.05, 3.63) is 0 Å². The maximum atomic E-state index is 11.5. The molecule has 0 aromatic heterocycles. The minimum Gasteiger partial charge on any atom is -0.307 e. The van der Waals surface area contributed by atoms with Crippen molar-refractivity contribution in [1.29, 1.82) is 5.26 Å². The summed E-state index contributed by atoms with van der Waals surface area (Å²) < 4.78 is 34.4. The topological polar surface area (TPSA) is 35.8 Å². The lowest BCUT2D eigenvalue weighted by molar-refractivity contribution is -0.124. The van der Waals surface area contributed by atoms with E-state index in [2.05, 4.69) is 5.32 Å². The molecule has 2 nitrogen and oxygen atoms in total. The van der Waals surface area contributed by atoms with Crippen LogP contribution >= 0.6 is 0 Å². The summed E-state index contributed by atoms with van der Waals surface area (Å²) in [5.74, 6) is -0.377. The summed E-state index contributed by atoms with van der Waals surface area (Å²) >= 11 is 0. The molecule has 1 unspecified atom stereocenters. The van der Waals surface area contributed by atoms with E-state index >= 15 is 0 Å². The second-order valence-corrected chi connectivity index (χ2v) is 2.28. The van der Waals surface area contributed by atoms with E-state index in [4.69, 9.17) is 5.26 Å². The van der Waals surface area contributed by atoms with Crippen molar-refractivity contribution < 1.29 is 13.2 Å². The Morgan fingerprint density at radius 2 is 2.09 bits per heavy atom. The Balaban J connectivity index is 3.37. The molecule has 0 radical (unpaired) electrons. The number of nitriles is 1. The Bertz CT molecular complexity index is 147. The maximum Gasteiger partial charge on any atom is 0.401 e. The van der Waals surface area contributed by atoms with Crippen molar-refractivity contribution in [2.45, 2.75) is 13.1 Å². The van der Waals surface area contributed by atoms with Gasteiger partial charge in [0, 0.05) is 6.54 Å². The van der Waals surface area contributed by atoms with Crippen molar-refractivity contribution in [1.82, 2.24) is 5.32 Å². The van der Waals surface area contributed by atoms with Crippen LogP contribution in [0, 0.1) is 17.2 Å². The molecule has 0 amide bonds. The van der Waals surface area contributed by atoms with Crippen molar-refractivity contribution in [2.24, 2.45) is 5.92 Å². The van der Waals surface area contributed by atoms with Gasteiger partial charge in [-0.05, 0) is 6.92 Å². The minimum absolute atomic E-state index is 0.0794. The zero-order valence-corrected chi connectivity index (χ0v) is 6.07. The highest BCUT2D eigenvalue weighted by Gasteiger charge is 2.26. The number of rotatable bonds is 3. The van der Waals surface area contributed by atoms with Gasteiger partial charge in [0.15, 0.2) is 0 Å². The number of hydrogen-bond acceptors (Lipinski definition) is 2. The molecule has 0 saturated carbocycles. The van der Waals surface area contributed by atoms with E-state index in [1.165, 1.54) is 0 Å². The fourth-order valence-electron chi connectivity index (χ4n) is 0.476. The molecule has 0 saturated heterocycles. The summed E-state index contributed by atoms with van der Waals surface area (Å²) in [6.45, 7) is 0.610. The molecule has 0 heterocycles. The summed E-state index contributed by atoms with van der Waals surface area (Å²) in [4.78, 5) is 0. The fourth-order valence-corrected chi connectivity index (χ4v) is 0.476. The van der Waals surface area contributed by atoms with Crippen LogP contribution in [0.4, 0.5) is 13.2 Å². The highest BCUT2D eigenvalue weighted by molar-refractivity contribution is 4.80. The van der Waals surface area contributed by atoms with Crippen LogP contribution in [0.15, 0.2) is 0 Å². The van der Waals surface area contributed by atoms with Gasteiger partial charge in [-0.2, -0.15) is 18.4 Å². The van der Waals surface area contributed by atoms with Gasteiger partial charge in [-0.3, -0.25) is 0 Å². The largest absolute Gasteiger partial charge is 0.401 e. The molecule has 0 fully saturated rings. The standard InChI is InChI=1S/C6H9F3N2/c1-5(2-10)3-11-4-6(7,8)9/h5,11H,3-4H2,1H3. The van der Waals surface area contributed by atoms with E-state index in [0.29, 0.717) is 0 Å². The maximum absolute atomic E-state index is 11.5. The van der Waals surface area contributed by atoms with E-state index in [1.807, 2.05) is 6.07 Å². The average Bonchev–Trinajstić information content (AvgIpc) is 1.85. The van der Waals surface area contributed by atoms with Crippen LogP contribution in [0.2, 0.25) is 0 Å². The third kappa shape index (κ3) is 7.13. The van der Waals surface area contributed by atoms with E-state index < -0.39 is 12.7 Å². The van der Waals surface area contributed by atoms with Crippen molar-refractivity contribution in [3.63, 3.8) is 0 Å². The quantitative estimate of drug-likeness (QED) is 0.685. The smallest absolute Gasteiger partial charge is 0.307 e. The molecule has 0 aliphatic carbocycles. The monoisotopic (exact) mass is 166 g/mol. The number of hydrogen-bond donors (Lipinski definition) is 1. The van der Waals surface area contributed by atoms with E-state index in [1.54, 1.807) is 6.92 Å². The number of nitrogens with one attached hydrogen (secondary N) is 1. The second kappa shape index (κ2) is 4.19. The molecule has 0 aliphatic rings. The Kier molecular flexibility index (Phi) is 3.90. The van der Waals surface area contributed by atoms with Gasteiger partial charge >= 0.3 is 6.18 Å². The first-order chi connectivity index (χ1) is 4.95. The fraction of sp³-hybridized carbons (Fsp3) is 0.833. The molecule has 0 aromatic carbocycles. The molecule has 11 heavy (non-hydrogen) atoms. The highest BCUT2D eigenvalue weighted by Crippen LogP contribution is 2.12. The second-order valence-electron chi connectivity index (χ2n) is 2.28. The predicted molar refractivity (Wildman–Crippen MR) is 33.7 cm³/mol. The lowest BCUT2D eigenvalue weighted by Gasteiger charge is -2.08. The summed E-state index contributed by atoms with van der Waals surface area (Å²) in [5, 5.41) is 10.3. The molecule has 64 valence electrons. The van der Waals surface area contributed by atoms with Gasteiger partial charge in [0.2, 0.25) is 0 Å². The normalized spacial score (nSPS) is 14.1. The van der Waals surface area contributed by atoms with Crippen molar-refractivity contribution in [2.75, 3.05) is 13.1 Å². The van der Waals surface area contributed by atoms with Crippen LogP contribution in [0.25, 0.3) is 0 Å². The van der Waals surface area contributed by atoms with Crippen LogP contribution < -0.4 is 5.32 Å². The molecule has 0 aromatic rings. The average molecular weight is 166 g/mol. The highest BCUT2D eigenvalue weighted by atomic mass is 19.4. The Morgan fingerprint density at radius 3 is 2.45 bits per heavy atom. The molecule has 0 bridgehead atoms. The third-order valence-electron chi connectivity index (χ3n) is 0.996. The SMILES string of the molecule is CC(C#N)CNCC(F)(F)F.